The average molecular weight is 526 g/mol. The fourth-order valence-electron chi connectivity index (χ4n) is 5.07. The van der Waals surface area contributed by atoms with Gasteiger partial charge < -0.3 is 5.32 Å². The highest BCUT2D eigenvalue weighted by Crippen LogP contribution is 2.34. The normalized spacial score (nSPS) is 18.9. The number of thioether (sulfide) groups is 1. The van der Waals surface area contributed by atoms with E-state index in [2.05, 4.69) is 37.4 Å². The van der Waals surface area contributed by atoms with Crippen LogP contribution in [-0.2, 0) is 9.59 Å². The lowest BCUT2D eigenvalue weighted by molar-refractivity contribution is -0.128. The van der Waals surface area contributed by atoms with Crippen LogP contribution in [0.15, 0.2) is 83.4 Å². The number of fused-ring (bicyclic) bond motifs is 1. The van der Waals surface area contributed by atoms with Gasteiger partial charge in [-0.25, -0.2) is 4.99 Å². The molecule has 2 aliphatic rings. The Morgan fingerprint density at radius 3 is 2.61 bits per heavy atom. The van der Waals surface area contributed by atoms with E-state index in [4.69, 9.17) is 4.99 Å². The molecule has 0 unspecified atom stereocenters. The summed E-state index contributed by atoms with van der Waals surface area (Å²) in [4.78, 5) is 33.3. The smallest absolute Gasteiger partial charge is 0.242 e. The first-order valence-corrected chi connectivity index (χ1v) is 14.5. The van der Waals surface area contributed by atoms with Crippen LogP contribution in [0.4, 0.5) is 11.4 Å². The lowest BCUT2D eigenvalue weighted by Gasteiger charge is -2.19. The van der Waals surface area contributed by atoms with Gasteiger partial charge in [0, 0.05) is 24.0 Å². The van der Waals surface area contributed by atoms with Crippen molar-refractivity contribution in [2.45, 2.75) is 63.5 Å². The number of aliphatic imine (C=N–C) groups is 1. The number of benzene rings is 3. The molecule has 1 heterocycles. The van der Waals surface area contributed by atoms with Crippen LogP contribution in [-0.4, -0.2) is 33.7 Å². The highest BCUT2D eigenvalue weighted by molar-refractivity contribution is 8.15. The summed E-state index contributed by atoms with van der Waals surface area (Å²) in [6.45, 7) is 4.94. The molecule has 3 aromatic carbocycles. The second-order valence-electron chi connectivity index (χ2n) is 10.4. The molecule has 1 fully saturated rings. The quantitative estimate of drug-likeness (QED) is 0.305. The number of hydrogen-bond acceptors (Lipinski definition) is 4. The summed E-state index contributed by atoms with van der Waals surface area (Å²) in [5.74, 6) is 0.255. The largest absolute Gasteiger partial charge is 0.325 e. The minimum Gasteiger partial charge on any atom is -0.325 e. The van der Waals surface area contributed by atoms with Gasteiger partial charge in [-0.1, -0.05) is 85.8 Å². The summed E-state index contributed by atoms with van der Waals surface area (Å²) in [5, 5.41) is 5.30. The first kappa shape index (κ1) is 26.2. The standard InChI is InChI=1S/C32H35N3O2S/c1-22(2)24-15-17-26(18-16-24)33-32-35(20-19-23-9-4-3-5-10-23)31(37)29(38-32)21-30(36)34-28-14-8-12-25-11-6-7-13-27(25)28/h6-9,11-18,22,29H,3-5,10,19-21H2,1-2H3,(H,34,36)/t29-/m0/s1. The zero-order valence-electron chi connectivity index (χ0n) is 22.2. The average Bonchev–Trinajstić information content (AvgIpc) is 3.21. The van der Waals surface area contributed by atoms with Gasteiger partial charge in [-0.15, -0.1) is 0 Å². The van der Waals surface area contributed by atoms with Gasteiger partial charge in [0.05, 0.1) is 5.69 Å². The number of nitrogens with one attached hydrogen (secondary N) is 1. The monoisotopic (exact) mass is 525 g/mol. The maximum Gasteiger partial charge on any atom is 0.242 e. The van der Waals surface area contributed by atoms with Crippen molar-refractivity contribution in [3.8, 4) is 0 Å². The molecular formula is C32H35N3O2S. The van der Waals surface area contributed by atoms with E-state index in [1.165, 1.54) is 35.7 Å². The molecule has 3 aromatic rings. The molecule has 38 heavy (non-hydrogen) atoms. The number of hydrogen-bond donors (Lipinski definition) is 1. The summed E-state index contributed by atoms with van der Waals surface area (Å²) in [7, 11) is 0. The predicted octanol–water partition coefficient (Wildman–Crippen LogP) is 7.81. The molecule has 0 spiro atoms. The third-order valence-corrected chi connectivity index (χ3v) is 8.46. The Labute approximate surface area is 229 Å². The summed E-state index contributed by atoms with van der Waals surface area (Å²) in [6.07, 6.45) is 7.98. The molecule has 5 nitrogen and oxygen atoms in total. The summed E-state index contributed by atoms with van der Waals surface area (Å²) in [5.41, 5.74) is 4.27. The highest BCUT2D eigenvalue weighted by atomic mass is 32.2. The van der Waals surface area contributed by atoms with Gasteiger partial charge in [-0.05, 0) is 67.2 Å². The molecule has 1 saturated heterocycles. The lowest BCUT2D eigenvalue weighted by Crippen LogP contribution is -2.34. The van der Waals surface area contributed by atoms with Crippen molar-refractivity contribution in [1.29, 1.82) is 0 Å². The van der Waals surface area contributed by atoms with Crippen molar-refractivity contribution in [3.63, 3.8) is 0 Å². The van der Waals surface area contributed by atoms with Crippen molar-refractivity contribution >= 4 is 50.9 Å². The molecule has 6 heteroatoms. The summed E-state index contributed by atoms with van der Waals surface area (Å²) < 4.78 is 0. The molecule has 0 aromatic heterocycles. The summed E-state index contributed by atoms with van der Waals surface area (Å²) >= 11 is 1.41. The van der Waals surface area contributed by atoms with E-state index in [0.29, 0.717) is 17.6 Å². The van der Waals surface area contributed by atoms with Crippen molar-refractivity contribution in [1.82, 2.24) is 4.90 Å². The van der Waals surface area contributed by atoms with Crippen molar-refractivity contribution in [2.24, 2.45) is 4.99 Å². The van der Waals surface area contributed by atoms with Crippen LogP contribution < -0.4 is 5.32 Å². The molecule has 0 bridgehead atoms. The maximum atomic E-state index is 13.5. The molecule has 0 saturated carbocycles. The Kier molecular flexibility index (Phi) is 8.28. The minimum atomic E-state index is -0.487. The fourth-order valence-corrected chi connectivity index (χ4v) is 6.25. The Balaban J connectivity index is 1.33. The number of amidine groups is 1. The molecule has 2 amide bonds. The van der Waals surface area contributed by atoms with Crippen LogP contribution in [0.2, 0.25) is 0 Å². The van der Waals surface area contributed by atoms with Crippen LogP contribution in [0, 0.1) is 0 Å². The fraction of sp³-hybridized carbons (Fsp3) is 0.344. The third-order valence-electron chi connectivity index (χ3n) is 7.28. The number of amides is 2. The lowest BCUT2D eigenvalue weighted by atomic mass is 9.97. The van der Waals surface area contributed by atoms with Crippen LogP contribution in [0.5, 0.6) is 0 Å². The second kappa shape index (κ2) is 12.0. The molecular weight excluding hydrogens is 490 g/mol. The van der Waals surface area contributed by atoms with Crippen LogP contribution in [0.25, 0.3) is 10.8 Å². The van der Waals surface area contributed by atoms with Gasteiger partial charge in [0.2, 0.25) is 11.8 Å². The van der Waals surface area contributed by atoms with Crippen LogP contribution in [0.1, 0.15) is 63.9 Å². The highest BCUT2D eigenvalue weighted by Gasteiger charge is 2.39. The SMILES string of the molecule is CC(C)c1ccc(N=C2S[C@@H](CC(=O)Nc3cccc4ccccc34)C(=O)N2CCC2=CCCCC2)cc1. The molecule has 196 valence electrons. The zero-order valence-corrected chi connectivity index (χ0v) is 23.0. The Hall–Kier alpha value is -3.38. The van der Waals surface area contributed by atoms with Crippen LogP contribution in [0.3, 0.4) is 0 Å². The Morgan fingerprint density at radius 2 is 1.84 bits per heavy atom. The van der Waals surface area contributed by atoms with Crippen LogP contribution >= 0.6 is 11.8 Å². The molecule has 1 N–H and O–H groups in total. The van der Waals surface area contributed by atoms with Gasteiger partial charge in [0.1, 0.15) is 5.25 Å². The number of anilines is 1. The third kappa shape index (κ3) is 6.18. The van der Waals surface area contributed by atoms with E-state index in [-0.39, 0.29) is 18.2 Å². The van der Waals surface area contributed by atoms with Gasteiger partial charge >= 0.3 is 0 Å². The number of nitrogens with zero attached hydrogens (tertiary/aromatic N) is 2. The van der Waals surface area contributed by atoms with E-state index < -0.39 is 5.25 Å². The summed E-state index contributed by atoms with van der Waals surface area (Å²) in [6, 6.07) is 22.0. The van der Waals surface area contributed by atoms with Gasteiger partial charge in [0.25, 0.3) is 0 Å². The number of carbonyl (C=O) groups is 2. The van der Waals surface area contributed by atoms with E-state index >= 15 is 0 Å². The van der Waals surface area contributed by atoms with E-state index in [1.807, 2.05) is 54.6 Å². The van der Waals surface area contributed by atoms with Crippen molar-refractivity contribution < 1.29 is 9.59 Å². The van der Waals surface area contributed by atoms with Crippen molar-refractivity contribution in [2.75, 3.05) is 11.9 Å². The Bertz CT molecular complexity index is 1370. The number of carbonyl (C=O) groups excluding carboxylic acids is 2. The molecule has 1 atom stereocenters. The Morgan fingerprint density at radius 1 is 1.05 bits per heavy atom. The van der Waals surface area contributed by atoms with E-state index in [1.54, 1.807) is 4.90 Å². The molecule has 1 aliphatic heterocycles. The second-order valence-corrected chi connectivity index (χ2v) is 11.5. The first-order chi connectivity index (χ1) is 18.5. The predicted molar refractivity (Wildman–Crippen MR) is 159 cm³/mol. The zero-order chi connectivity index (χ0) is 26.5. The minimum absolute atomic E-state index is 0.0305. The van der Waals surface area contributed by atoms with E-state index in [9.17, 15) is 9.59 Å². The number of allylic oxidation sites excluding steroid dienone is 1. The van der Waals surface area contributed by atoms with Gasteiger partial charge in [0.15, 0.2) is 5.17 Å². The van der Waals surface area contributed by atoms with Crippen molar-refractivity contribution in [3.05, 3.63) is 83.9 Å². The molecule has 1 aliphatic carbocycles. The van der Waals surface area contributed by atoms with Gasteiger partial charge in [-0.2, -0.15) is 0 Å². The molecule has 5 rings (SSSR count). The maximum absolute atomic E-state index is 13.5. The number of rotatable bonds is 8. The van der Waals surface area contributed by atoms with Gasteiger partial charge in [-0.3, -0.25) is 14.5 Å². The first-order valence-electron chi connectivity index (χ1n) is 13.6. The molecule has 0 radical (unpaired) electrons. The topological polar surface area (TPSA) is 61.8 Å². The van der Waals surface area contributed by atoms with E-state index in [0.717, 1.165) is 41.4 Å².